The second-order valence-electron chi connectivity index (χ2n) is 5.03. The Morgan fingerprint density at radius 1 is 1.45 bits per heavy atom. The average molecular weight is 277 g/mol. The lowest BCUT2D eigenvalue weighted by molar-refractivity contribution is -0.119. The fraction of sp³-hybridized carbons (Fsp3) is 0.467. The zero-order chi connectivity index (χ0) is 14.7. The van der Waals surface area contributed by atoms with E-state index in [1.54, 1.807) is 30.2 Å². The number of ether oxygens (including phenoxy) is 1. The Bertz CT molecular complexity index is 527. The Morgan fingerprint density at radius 3 is 2.85 bits per heavy atom. The first-order chi connectivity index (χ1) is 9.52. The quantitative estimate of drug-likeness (QED) is 0.895. The summed E-state index contributed by atoms with van der Waals surface area (Å²) in [6.07, 6.45) is 1.90. The third-order valence-electron chi connectivity index (χ3n) is 3.70. The van der Waals surface area contributed by atoms with E-state index in [0.717, 1.165) is 17.7 Å². The highest BCUT2D eigenvalue weighted by Gasteiger charge is 2.25. The first-order valence-electron chi connectivity index (χ1n) is 6.72. The van der Waals surface area contributed by atoms with Crippen molar-refractivity contribution in [2.45, 2.75) is 32.3 Å². The Kier molecular flexibility index (Phi) is 4.39. The fourth-order valence-corrected chi connectivity index (χ4v) is 2.35. The third kappa shape index (κ3) is 2.99. The number of amides is 1. The molecule has 0 saturated carbocycles. The minimum Gasteiger partial charge on any atom is -0.478 e. The monoisotopic (exact) mass is 277 g/mol. The molecule has 0 aromatic heterocycles. The van der Waals surface area contributed by atoms with Crippen molar-refractivity contribution in [1.82, 2.24) is 0 Å². The van der Waals surface area contributed by atoms with Gasteiger partial charge in [0.05, 0.1) is 11.7 Å². The number of carbonyl (C=O) groups excluding carboxylic acids is 1. The number of rotatable bonds is 5. The van der Waals surface area contributed by atoms with Crippen molar-refractivity contribution >= 4 is 17.6 Å². The van der Waals surface area contributed by atoms with Crippen LogP contribution in [0.2, 0.25) is 0 Å². The molecule has 5 heteroatoms. The highest BCUT2D eigenvalue weighted by molar-refractivity contribution is 5.97. The molecule has 0 aliphatic carbocycles. The van der Waals surface area contributed by atoms with Crippen molar-refractivity contribution in [2.24, 2.45) is 0 Å². The minimum atomic E-state index is -0.972. The van der Waals surface area contributed by atoms with Crippen molar-refractivity contribution in [2.75, 3.05) is 18.6 Å². The van der Waals surface area contributed by atoms with Crippen LogP contribution in [-0.4, -0.2) is 36.7 Å². The van der Waals surface area contributed by atoms with Gasteiger partial charge in [-0.3, -0.25) is 4.79 Å². The van der Waals surface area contributed by atoms with Crippen molar-refractivity contribution < 1.29 is 19.4 Å². The van der Waals surface area contributed by atoms with E-state index in [1.807, 2.05) is 6.92 Å². The predicted octanol–water partition coefficient (Wildman–Crippen LogP) is 2.09. The Morgan fingerprint density at radius 2 is 2.20 bits per heavy atom. The molecule has 108 valence electrons. The number of hydrogen-bond donors (Lipinski definition) is 1. The van der Waals surface area contributed by atoms with Crippen LogP contribution in [0.25, 0.3) is 0 Å². The van der Waals surface area contributed by atoms with E-state index in [2.05, 4.69) is 0 Å². The largest absolute Gasteiger partial charge is 0.478 e. The number of aromatic carboxylic acids is 1. The molecule has 1 atom stereocenters. The highest BCUT2D eigenvalue weighted by atomic mass is 16.5. The standard InChI is InChI=1S/C15H19NO4/c1-10(20-2)3-6-14(17)16-8-7-11-4-5-12(15(18)19)9-13(11)16/h4-5,9-10H,3,6-8H2,1-2H3,(H,18,19). The van der Waals surface area contributed by atoms with Crippen molar-refractivity contribution in [3.63, 3.8) is 0 Å². The van der Waals surface area contributed by atoms with Crippen molar-refractivity contribution in [1.29, 1.82) is 0 Å². The molecule has 5 nitrogen and oxygen atoms in total. The third-order valence-corrected chi connectivity index (χ3v) is 3.70. The molecule has 1 N–H and O–H groups in total. The molecule has 1 unspecified atom stereocenters. The zero-order valence-electron chi connectivity index (χ0n) is 11.8. The van der Waals surface area contributed by atoms with Crippen LogP contribution in [0.1, 0.15) is 35.7 Å². The zero-order valence-corrected chi connectivity index (χ0v) is 11.8. The van der Waals surface area contributed by atoms with Gasteiger partial charge in [-0.15, -0.1) is 0 Å². The summed E-state index contributed by atoms with van der Waals surface area (Å²) in [4.78, 5) is 24.9. The first kappa shape index (κ1) is 14.5. The Labute approximate surface area is 118 Å². The van der Waals surface area contributed by atoms with Crippen molar-refractivity contribution in [3.05, 3.63) is 29.3 Å². The van der Waals surface area contributed by atoms with Gasteiger partial charge in [-0.1, -0.05) is 6.07 Å². The molecule has 0 saturated heterocycles. The van der Waals surface area contributed by atoms with E-state index in [0.29, 0.717) is 19.4 Å². The van der Waals surface area contributed by atoms with E-state index in [1.165, 1.54) is 0 Å². The number of methoxy groups -OCH3 is 1. The van der Waals surface area contributed by atoms with Crippen LogP contribution in [0, 0.1) is 0 Å². The Hall–Kier alpha value is -1.88. The van der Waals surface area contributed by atoms with Crippen LogP contribution in [0.5, 0.6) is 0 Å². The maximum atomic E-state index is 12.2. The number of fused-ring (bicyclic) bond motifs is 1. The van der Waals surface area contributed by atoms with E-state index in [4.69, 9.17) is 9.84 Å². The summed E-state index contributed by atoms with van der Waals surface area (Å²) in [5, 5.41) is 9.03. The van der Waals surface area contributed by atoms with Gasteiger partial charge in [-0.2, -0.15) is 0 Å². The maximum absolute atomic E-state index is 12.2. The lowest BCUT2D eigenvalue weighted by Crippen LogP contribution is -2.29. The van der Waals surface area contributed by atoms with Crippen LogP contribution < -0.4 is 4.90 Å². The molecule has 20 heavy (non-hydrogen) atoms. The van der Waals surface area contributed by atoms with Crippen LogP contribution in [0.4, 0.5) is 5.69 Å². The van der Waals surface area contributed by atoms with Gasteiger partial charge in [0.2, 0.25) is 5.91 Å². The summed E-state index contributed by atoms with van der Waals surface area (Å²) in [5.74, 6) is -0.949. The molecule has 0 radical (unpaired) electrons. The van der Waals surface area contributed by atoms with Crippen LogP contribution >= 0.6 is 0 Å². The molecule has 1 amide bonds. The Balaban J connectivity index is 2.12. The van der Waals surface area contributed by atoms with Gasteiger partial charge in [0.15, 0.2) is 0 Å². The number of nitrogens with zero attached hydrogens (tertiary/aromatic N) is 1. The molecule has 0 spiro atoms. The minimum absolute atomic E-state index is 0.0233. The summed E-state index contributed by atoms with van der Waals surface area (Å²) < 4.78 is 5.13. The summed E-state index contributed by atoms with van der Waals surface area (Å²) >= 11 is 0. The molecule has 1 aromatic rings. The molecule has 1 aromatic carbocycles. The second-order valence-corrected chi connectivity index (χ2v) is 5.03. The number of benzene rings is 1. The van der Waals surface area contributed by atoms with Crippen LogP contribution in [-0.2, 0) is 16.0 Å². The highest BCUT2D eigenvalue weighted by Crippen LogP contribution is 2.30. The number of carboxylic acids is 1. The molecular formula is C15H19NO4. The summed E-state index contributed by atoms with van der Waals surface area (Å²) in [7, 11) is 1.62. The lowest BCUT2D eigenvalue weighted by atomic mass is 10.1. The molecule has 1 aliphatic heterocycles. The van der Waals surface area contributed by atoms with Crippen LogP contribution in [0.3, 0.4) is 0 Å². The molecule has 1 aliphatic rings. The SMILES string of the molecule is COC(C)CCC(=O)N1CCc2ccc(C(=O)O)cc21. The molecule has 0 fully saturated rings. The van der Waals surface area contributed by atoms with E-state index in [9.17, 15) is 9.59 Å². The second kappa shape index (κ2) is 6.05. The number of carbonyl (C=O) groups is 2. The normalized spacial score (nSPS) is 15.0. The number of carboxylic acid groups (broad SMARTS) is 1. The smallest absolute Gasteiger partial charge is 0.335 e. The average Bonchev–Trinajstić information content (AvgIpc) is 2.87. The lowest BCUT2D eigenvalue weighted by Gasteiger charge is -2.18. The summed E-state index contributed by atoms with van der Waals surface area (Å²) in [5.41, 5.74) is 1.98. The maximum Gasteiger partial charge on any atom is 0.335 e. The van der Waals surface area contributed by atoms with Gasteiger partial charge in [0.25, 0.3) is 0 Å². The topological polar surface area (TPSA) is 66.8 Å². The van der Waals surface area contributed by atoms with E-state index in [-0.39, 0.29) is 17.6 Å². The van der Waals surface area contributed by atoms with Gasteiger partial charge in [0.1, 0.15) is 0 Å². The van der Waals surface area contributed by atoms with Crippen LogP contribution in [0.15, 0.2) is 18.2 Å². The van der Waals surface area contributed by atoms with E-state index >= 15 is 0 Å². The molecule has 2 rings (SSSR count). The predicted molar refractivity (Wildman–Crippen MR) is 75.2 cm³/mol. The van der Waals surface area contributed by atoms with Gasteiger partial charge in [-0.05, 0) is 37.5 Å². The van der Waals surface area contributed by atoms with Crippen molar-refractivity contribution in [3.8, 4) is 0 Å². The van der Waals surface area contributed by atoms with Gasteiger partial charge in [0, 0.05) is 25.8 Å². The summed E-state index contributed by atoms with van der Waals surface area (Å²) in [6, 6.07) is 4.97. The first-order valence-corrected chi connectivity index (χ1v) is 6.72. The number of hydrogen-bond acceptors (Lipinski definition) is 3. The van der Waals surface area contributed by atoms with E-state index < -0.39 is 5.97 Å². The molecular weight excluding hydrogens is 258 g/mol. The van der Waals surface area contributed by atoms with Gasteiger partial charge in [-0.25, -0.2) is 4.79 Å². The fourth-order valence-electron chi connectivity index (χ4n) is 2.35. The molecule has 0 bridgehead atoms. The van der Waals surface area contributed by atoms with Gasteiger partial charge >= 0.3 is 5.97 Å². The molecule has 1 heterocycles. The van der Waals surface area contributed by atoms with Gasteiger partial charge < -0.3 is 14.7 Å². The number of anilines is 1. The summed E-state index contributed by atoms with van der Waals surface area (Å²) in [6.45, 7) is 2.55.